The van der Waals surface area contributed by atoms with E-state index in [9.17, 15) is 0 Å². The zero-order chi connectivity index (χ0) is 13.1. The van der Waals surface area contributed by atoms with Crippen LogP contribution in [-0.2, 0) is 6.42 Å². The van der Waals surface area contributed by atoms with Crippen molar-refractivity contribution in [3.8, 4) is 17.3 Å². The first kappa shape index (κ1) is 12.7. The molecule has 0 spiro atoms. The van der Waals surface area contributed by atoms with Crippen LogP contribution in [0.3, 0.4) is 0 Å². The van der Waals surface area contributed by atoms with E-state index < -0.39 is 0 Å². The van der Waals surface area contributed by atoms with Crippen LogP contribution in [0.15, 0.2) is 30.3 Å². The van der Waals surface area contributed by atoms with E-state index in [0.717, 1.165) is 5.56 Å². The van der Waals surface area contributed by atoms with Crippen LogP contribution in [0.2, 0.25) is 10.0 Å². The van der Waals surface area contributed by atoms with Gasteiger partial charge in [0, 0.05) is 5.56 Å². The van der Waals surface area contributed by atoms with Gasteiger partial charge in [0.2, 0.25) is 0 Å². The Morgan fingerprint density at radius 2 is 1.94 bits per heavy atom. The average Bonchev–Trinajstić information content (AvgIpc) is 2.36. The summed E-state index contributed by atoms with van der Waals surface area (Å²) in [5.41, 5.74) is 8.38. The van der Waals surface area contributed by atoms with Crippen LogP contribution < -0.4 is 5.73 Å². The quantitative estimate of drug-likeness (QED) is 0.910. The lowest BCUT2D eigenvalue weighted by Gasteiger charge is -2.06. The highest BCUT2D eigenvalue weighted by Crippen LogP contribution is 2.28. The van der Waals surface area contributed by atoms with Crippen molar-refractivity contribution in [2.45, 2.75) is 6.42 Å². The normalized spacial score (nSPS) is 10.1. The van der Waals surface area contributed by atoms with E-state index in [2.05, 4.69) is 4.98 Å². The monoisotopic (exact) mass is 277 g/mol. The average molecular weight is 278 g/mol. The van der Waals surface area contributed by atoms with Crippen LogP contribution in [-0.4, -0.2) is 4.98 Å². The van der Waals surface area contributed by atoms with E-state index in [4.69, 9.17) is 34.2 Å². The third kappa shape index (κ3) is 2.56. The van der Waals surface area contributed by atoms with Gasteiger partial charge in [-0.15, -0.1) is 0 Å². The van der Waals surface area contributed by atoms with Crippen LogP contribution >= 0.6 is 23.2 Å². The highest BCUT2D eigenvalue weighted by Gasteiger charge is 2.06. The molecule has 2 rings (SSSR count). The summed E-state index contributed by atoms with van der Waals surface area (Å²) < 4.78 is 0. The number of anilines is 1. The van der Waals surface area contributed by atoms with E-state index >= 15 is 0 Å². The Morgan fingerprint density at radius 3 is 2.61 bits per heavy atom. The van der Waals surface area contributed by atoms with Crippen LogP contribution in [0.4, 0.5) is 5.69 Å². The molecule has 2 aromatic rings. The minimum atomic E-state index is 0.182. The molecule has 0 atom stereocenters. The predicted octanol–water partition coefficient (Wildman–Crippen LogP) is 3.70. The van der Waals surface area contributed by atoms with Crippen LogP contribution in [0.5, 0.6) is 0 Å². The highest BCUT2D eigenvalue weighted by atomic mass is 35.5. The summed E-state index contributed by atoms with van der Waals surface area (Å²) in [7, 11) is 0. The number of pyridine rings is 1. The Hall–Kier alpha value is -1.76. The minimum Gasteiger partial charge on any atom is -0.397 e. The number of hydrogen-bond acceptors (Lipinski definition) is 3. The number of nitrogens with two attached hydrogens (primary N) is 1. The Balaban J connectivity index is 2.48. The van der Waals surface area contributed by atoms with E-state index in [1.165, 1.54) is 0 Å². The van der Waals surface area contributed by atoms with Crippen molar-refractivity contribution in [3.05, 3.63) is 46.1 Å². The fourth-order valence-corrected chi connectivity index (χ4v) is 1.84. The second-order valence-electron chi connectivity index (χ2n) is 3.70. The van der Waals surface area contributed by atoms with Crippen molar-refractivity contribution < 1.29 is 0 Å². The third-order valence-corrected chi connectivity index (χ3v) is 3.21. The molecule has 1 aromatic carbocycles. The lowest BCUT2D eigenvalue weighted by molar-refractivity contribution is 1.12. The van der Waals surface area contributed by atoms with E-state index in [1.807, 2.05) is 12.1 Å². The van der Waals surface area contributed by atoms with Gasteiger partial charge in [-0.1, -0.05) is 29.3 Å². The number of hydrogen-bond donors (Lipinski definition) is 1. The summed E-state index contributed by atoms with van der Waals surface area (Å²) >= 11 is 11.8. The van der Waals surface area contributed by atoms with Crippen molar-refractivity contribution >= 4 is 28.9 Å². The van der Waals surface area contributed by atoms with Gasteiger partial charge in [0.25, 0.3) is 0 Å². The summed E-state index contributed by atoms with van der Waals surface area (Å²) in [5.74, 6) is 0. The third-order valence-electron chi connectivity index (χ3n) is 2.47. The minimum absolute atomic E-state index is 0.182. The summed E-state index contributed by atoms with van der Waals surface area (Å²) in [6.07, 6.45) is 0.182. The number of halogens is 2. The number of nitrogens with zero attached hydrogens (tertiary/aromatic N) is 2. The van der Waals surface area contributed by atoms with E-state index in [1.54, 1.807) is 24.3 Å². The van der Waals surface area contributed by atoms with Crippen LogP contribution in [0, 0.1) is 11.3 Å². The fraction of sp³-hybridized carbons (Fsp3) is 0.0769. The van der Waals surface area contributed by atoms with Gasteiger partial charge in [0.05, 0.1) is 39.6 Å². The van der Waals surface area contributed by atoms with Crippen LogP contribution in [0.25, 0.3) is 11.3 Å². The molecule has 1 heterocycles. The molecule has 3 nitrogen and oxygen atoms in total. The predicted molar refractivity (Wildman–Crippen MR) is 73.4 cm³/mol. The first-order chi connectivity index (χ1) is 8.61. The maximum absolute atomic E-state index is 8.70. The smallest absolute Gasteiger partial charge is 0.0795 e. The van der Waals surface area contributed by atoms with Gasteiger partial charge in [-0.25, -0.2) is 4.98 Å². The molecule has 0 saturated heterocycles. The summed E-state index contributed by atoms with van der Waals surface area (Å²) in [6.45, 7) is 0. The van der Waals surface area contributed by atoms with Crippen molar-refractivity contribution in [2.75, 3.05) is 5.73 Å². The molecule has 0 saturated carbocycles. The molecule has 90 valence electrons. The number of rotatable bonds is 2. The lowest BCUT2D eigenvalue weighted by Crippen LogP contribution is -1.98. The maximum Gasteiger partial charge on any atom is 0.0795 e. The Morgan fingerprint density at radius 1 is 1.17 bits per heavy atom. The lowest BCUT2D eigenvalue weighted by atomic mass is 10.1. The van der Waals surface area contributed by atoms with Gasteiger partial charge in [0.1, 0.15) is 0 Å². The number of benzene rings is 1. The Bertz CT molecular complexity index is 633. The van der Waals surface area contributed by atoms with Gasteiger partial charge >= 0.3 is 0 Å². The van der Waals surface area contributed by atoms with Crippen LogP contribution in [0.1, 0.15) is 5.69 Å². The molecule has 0 bridgehead atoms. The van der Waals surface area contributed by atoms with Gasteiger partial charge in [-0.3, -0.25) is 0 Å². The summed E-state index contributed by atoms with van der Waals surface area (Å²) in [5, 5.41) is 9.66. The molecule has 5 heteroatoms. The van der Waals surface area contributed by atoms with Crippen molar-refractivity contribution in [1.82, 2.24) is 4.98 Å². The zero-order valence-corrected chi connectivity index (χ0v) is 10.8. The molecule has 18 heavy (non-hydrogen) atoms. The second-order valence-corrected chi connectivity index (χ2v) is 4.51. The molecule has 0 aliphatic carbocycles. The van der Waals surface area contributed by atoms with Gasteiger partial charge in [0.15, 0.2) is 0 Å². The highest BCUT2D eigenvalue weighted by molar-refractivity contribution is 6.42. The summed E-state index contributed by atoms with van der Waals surface area (Å²) in [6, 6.07) is 10.8. The topological polar surface area (TPSA) is 62.7 Å². The maximum atomic E-state index is 8.70. The Labute approximate surface area is 115 Å². The first-order valence-electron chi connectivity index (χ1n) is 5.19. The standard InChI is InChI=1S/C13H9Cl2N3/c14-9-2-1-8(7-10(9)15)12-4-3-11(17)13(18-12)5-6-16/h1-4,7H,5,17H2. The molecule has 0 amide bonds. The molecule has 2 N–H and O–H groups in total. The number of nitrogen functional groups attached to an aromatic ring is 1. The summed E-state index contributed by atoms with van der Waals surface area (Å²) in [4.78, 5) is 4.35. The van der Waals surface area contributed by atoms with E-state index in [-0.39, 0.29) is 6.42 Å². The number of aromatic nitrogens is 1. The molecular formula is C13H9Cl2N3. The van der Waals surface area contributed by atoms with Crippen molar-refractivity contribution in [2.24, 2.45) is 0 Å². The zero-order valence-electron chi connectivity index (χ0n) is 9.32. The van der Waals surface area contributed by atoms with Crippen molar-refractivity contribution in [3.63, 3.8) is 0 Å². The number of nitriles is 1. The van der Waals surface area contributed by atoms with Gasteiger partial charge < -0.3 is 5.73 Å². The SMILES string of the molecule is N#CCc1nc(-c2ccc(Cl)c(Cl)c2)ccc1N. The Kier molecular flexibility index (Phi) is 3.71. The van der Waals surface area contributed by atoms with E-state index in [0.29, 0.717) is 27.1 Å². The molecule has 0 aliphatic heterocycles. The molecule has 0 fully saturated rings. The van der Waals surface area contributed by atoms with Gasteiger partial charge in [-0.2, -0.15) is 5.26 Å². The molecule has 0 aliphatic rings. The van der Waals surface area contributed by atoms with Crippen molar-refractivity contribution in [1.29, 1.82) is 5.26 Å². The molecule has 0 radical (unpaired) electrons. The largest absolute Gasteiger partial charge is 0.397 e. The molecule has 0 unspecified atom stereocenters. The second kappa shape index (κ2) is 5.26. The fourth-order valence-electron chi connectivity index (χ4n) is 1.54. The molecule has 1 aromatic heterocycles. The molecular weight excluding hydrogens is 269 g/mol. The van der Waals surface area contributed by atoms with Gasteiger partial charge in [-0.05, 0) is 24.3 Å². The first-order valence-corrected chi connectivity index (χ1v) is 5.95.